The van der Waals surface area contributed by atoms with E-state index in [1.807, 2.05) is 30.3 Å². The van der Waals surface area contributed by atoms with Crippen molar-refractivity contribution in [1.29, 1.82) is 0 Å². The minimum Gasteiger partial charge on any atom is -0.490 e. The molecule has 0 saturated carbocycles. The minimum absolute atomic E-state index is 0.268. The van der Waals surface area contributed by atoms with Gasteiger partial charge in [0.1, 0.15) is 11.6 Å². The fourth-order valence-corrected chi connectivity index (χ4v) is 2.71. The summed E-state index contributed by atoms with van der Waals surface area (Å²) in [5.74, 6) is 1.97. The van der Waals surface area contributed by atoms with Crippen molar-refractivity contribution < 1.29 is 13.9 Å². The first-order chi connectivity index (χ1) is 12.8. The Hall–Kier alpha value is -3.15. The first-order valence-electron chi connectivity index (χ1n) is 8.50. The maximum absolute atomic E-state index is 13.0. The van der Waals surface area contributed by atoms with Gasteiger partial charge in [-0.1, -0.05) is 6.07 Å². The molecule has 0 atom stereocenters. The largest absolute Gasteiger partial charge is 0.490 e. The van der Waals surface area contributed by atoms with E-state index in [-0.39, 0.29) is 5.82 Å². The van der Waals surface area contributed by atoms with Gasteiger partial charge in [0.2, 0.25) is 0 Å². The number of nitrogens with zero attached hydrogens (tertiary/aromatic N) is 2. The molecule has 1 N–H and O–H groups in total. The average Bonchev–Trinajstić information content (AvgIpc) is 2.92. The molecule has 0 radical (unpaired) electrons. The highest BCUT2D eigenvalue weighted by atomic mass is 19.1. The van der Waals surface area contributed by atoms with Crippen LogP contribution in [0.4, 0.5) is 10.2 Å². The lowest BCUT2D eigenvalue weighted by molar-refractivity contribution is 0.297. The lowest BCUT2D eigenvalue weighted by Crippen LogP contribution is -2.03. The van der Waals surface area contributed by atoms with E-state index in [0.29, 0.717) is 31.3 Å². The second-order valence-corrected chi connectivity index (χ2v) is 6.00. The molecule has 26 heavy (non-hydrogen) atoms. The number of rotatable bonds is 4. The van der Waals surface area contributed by atoms with Gasteiger partial charge in [0.25, 0.3) is 0 Å². The van der Waals surface area contributed by atoms with E-state index in [2.05, 4.69) is 15.5 Å². The zero-order valence-electron chi connectivity index (χ0n) is 14.1. The van der Waals surface area contributed by atoms with E-state index < -0.39 is 0 Å². The Morgan fingerprint density at radius 2 is 1.69 bits per heavy atom. The van der Waals surface area contributed by atoms with Gasteiger partial charge in [0, 0.05) is 18.5 Å². The van der Waals surface area contributed by atoms with Crippen LogP contribution in [0.2, 0.25) is 0 Å². The number of hydrogen-bond acceptors (Lipinski definition) is 5. The van der Waals surface area contributed by atoms with Crippen molar-refractivity contribution in [2.45, 2.75) is 13.0 Å². The summed E-state index contributed by atoms with van der Waals surface area (Å²) in [5, 5.41) is 11.6. The summed E-state index contributed by atoms with van der Waals surface area (Å²) in [5.41, 5.74) is 2.60. The Morgan fingerprint density at radius 1 is 0.885 bits per heavy atom. The van der Waals surface area contributed by atoms with Crippen LogP contribution in [-0.4, -0.2) is 23.4 Å². The van der Waals surface area contributed by atoms with Crippen LogP contribution in [-0.2, 0) is 6.54 Å². The number of benzene rings is 2. The predicted octanol–water partition coefficient (Wildman–Crippen LogP) is 4.06. The molecule has 2 aromatic carbocycles. The van der Waals surface area contributed by atoms with Crippen molar-refractivity contribution >= 4 is 5.82 Å². The molecule has 1 aliphatic rings. The monoisotopic (exact) mass is 351 g/mol. The van der Waals surface area contributed by atoms with Crippen molar-refractivity contribution in [2.75, 3.05) is 18.5 Å². The van der Waals surface area contributed by atoms with Crippen molar-refractivity contribution in [3.8, 4) is 22.8 Å². The molecule has 1 aliphatic heterocycles. The van der Waals surface area contributed by atoms with E-state index in [1.54, 1.807) is 12.1 Å². The van der Waals surface area contributed by atoms with Gasteiger partial charge in [0.05, 0.1) is 18.9 Å². The Morgan fingerprint density at radius 3 is 2.46 bits per heavy atom. The summed E-state index contributed by atoms with van der Waals surface area (Å²) in [4.78, 5) is 0. The van der Waals surface area contributed by atoms with Gasteiger partial charge >= 0.3 is 0 Å². The molecule has 5 nitrogen and oxygen atoms in total. The summed E-state index contributed by atoms with van der Waals surface area (Å²) in [6, 6.07) is 15.8. The Balaban J connectivity index is 1.42. The second-order valence-electron chi connectivity index (χ2n) is 6.00. The molecule has 0 unspecified atom stereocenters. The fourth-order valence-electron chi connectivity index (χ4n) is 2.71. The average molecular weight is 351 g/mol. The van der Waals surface area contributed by atoms with Crippen LogP contribution >= 0.6 is 0 Å². The van der Waals surface area contributed by atoms with Crippen LogP contribution in [0, 0.1) is 5.82 Å². The summed E-state index contributed by atoms with van der Waals surface area (Å²) >= 11 is 0. The highest BCUT2D eigenvalue weighted by Gasteiger charge is 2.10. The smallest absolute Gasteiger partial charge is 0.161 e. The SMILES string of the molecule is Fc1ccc(-c2ccc(NCc3ccc4c(c3)OCCCO4)nn2)cc1. The Bertz CT molecular complexity index is 883. The van der Waals surface area contributed by atoms with Crippen LogP contribution in [0.25, 0.3) is 11.3 Å². The third kappa shape index (κ3) is 3.74. The zero-order chi connectivity index (χ0) is 17.8. The van der Waals surface area contributed by atoms with Crippen LogP contribution in [0.5, 0.6) is 11.5 Å². The summed E-state index contributed by atoms with van der Waals surface area (Å²) in [6.45, 7) is 1.95. The zero-order valence-corrected chi connectivity index (χ0v) is 14.1. The molecule has 2 heterocycles. The number of ether oxygens (including phenoxy) is 2. The molecule has 6 heteroatoms. The van der Waals surface area contributed by atoms with Gasteiger partial charge in [0.15, 0.2) is 11.5 Å². The van der Waals surface area contributed by atoms with Crippen LogP contribution in [0.1, 0.15) is 12.0 Å². The van der Waals surface area contributed by atoms with Crippen molar-refractivity contribution in [2.24, 2.45) is 0 Å². The highest BCUT2D eigenvalue weighted by Crippen LogP contribution is 2.30. The van der Waals surface area contributed by atoms with Crippen LogP contribution in [0.15, 0.2) is 54.6 Å². The number of nitrogens with one attached hydrogen (secondary N) is 1. The van der Waals surface area contributed by atoms with Crippen LogP contribution < -0.4 is 14.8 Å². The van der Waals surface area contributed by atoms with Crippen molar-refractivity contribution in [1.82, 2.24) is 10.2 Å². The molecule has 0 spiro atoms. The second kappa shape index (κ2) is 7.39. The molecule has 0 saturated heterocycles. The molecule has 0 bridgehead atoms. The van der Waals surface area contributed by atoms with Gasteiger partial charge in [-0.15, -0.1) is 10.2 Å². The van der Waals surface area contributed by atoms with Crippen LogP contribution in [0.3, 0.4) is 0 Å². The lowest BCUT2D eigenvalue weighted by atomic mass is 10.1. The normalized spacial score (nSPS) is 13.1. The van der Waals surface area contributed by atoms with Crippen molar-refractivity contribution in [3.63, 3.8) is 0 Å². The van der Waals surface area contributed by atoms with Gasteiger partial charge < -0.3 is 14.8 Å². The Kier molecular flexibility index (Phi) is 4.64. The van der Waals surface area contributed by atoms with Gasteiger partial charge in [-0.2, -0.15) is 0 Å². The number of hydrogen-bond donors (Lipinski definition) is 1. The van der Waals surface area contributed by atoms with Crippen molar-refractivity contribution in [3.05, 3.63) is 66.0 Å². The molecule has 0 aliphatic carbocycles. The summed E-state index contributed by atoms with van der Waals surface area (Å²) in [6.07, 6.45) is 0.887. The van der Waals surface area contributed by atoms with E-state index in [1.165, 1.54) is 12.1 Å². The summed E-state index contributed by atoms with van der Waals surface area (Å²) < 4.78 is 24.3. The van der Waals surface area contributed by atoms with E-state index in [9.17, 15) is 4.39 Å². The maximum atomic E-state index is 13.0. The molecule has 0 fully saturated rings. The number of anilines is 1. The van der Waals surface area contributed by atoms with E-state index in [0.717, 1.165) is 29.0 Å². The molecule has 0 amide bonds. The molecule has 4 rings (SSSR count). The Labute approximate surface area is 150 Å². The minimum atomic E-state index is -0.268. The molecule has 132 valence electrons. The molecular formula is C20H18FN3O2. The summed E-state index contributed by atoms with van der Waals surface area (Å²) in [7, 11) is 0. The maximum Gasteiger partial charge on any atom is 0.161 e. The van der Waals surface area contributed by atoms with Gasteiger partial charge in [-0.25, -0.2) is 4.39 Å². The highest BCUT2D eigenvalue weighted by molar-refractivity contribution is 5.59. The lowest BCUT2D eigenvalue weighted by Gasteiger charge is -2.10. The quantitative estimate of drug-likeness (QED) is 0.768. The molecule has 1 aromatic heterocycles. The van der Waals surface area contributed by atoms with E-state index >= 15 is 0 Å². The first-order valence-corrected chi connectivity index (χ1v) is 8.50. The fraction of sp³-hybridized carbons (Fsp3) is 0.200. The topological polar surface area (TPSA) is 56.3 Å². The number of aromatic nitrogens is 2. The predicted molar refractivity (Wildman–Crippen MR) is 96.8 cm³/mol. The van der Waals surface area contributed by atoms with Gasteiger partial charge in [-0.3, -0.25) is 0 Å². The van der Waals surface area contributed by atoms with E-state index in [4.69, 9.17) is 9.47 Å². The third-order valence-corrected chi connectivity index (χ3v) is 4.09. The third-order valence-electron chi connectivity index (χ3n) is 4.09. The standard InChI is InChI=1S/C20H18FN3O2/c21-16-5-3-15(4-6-16)17-7-9-20(24-23-17)22-13-14-2-8-18-19(12-14)26-11-1-10-25-18/h2-9,12H,1,10-11,13H2,(H,22,24). The molecule has 3 aromatic rings. The number of fused-ring (bicyclic) bond motifs is 1. The number of halogens is 1. The molecular weight excluding hydrogens is 333 g/mol. The first kappa shape index (κ1) is 16.3. The van der Waals surface area contributed by atoms with Gasteiger partial charge in [-0.05, 0) is 54.1 Å².